The van der Waals surface area contributed by atoms with Crippen molar-refractivity contribution in [2.45, 2.75) is 25.2 Å². The van der Waals surface area contributed by atoms with E-state index in [1.165, 1.54) is 6.20 Å². The number of carbonyl (C=O) groups excluding carboxylic acids is 1. The molecule has 0 spiro atoms. The molecule has 3 heterocycles. The van der Waals surface area contributed by atoms with E-state index in [9.17, 15) is 4.79 Å². The highest BCUT2D eigenvalue weighted by atomic mass is 35.5. The Morgan fingerprint density at radius 3 is 2.57 bits per heavy atom. The molecule has 35 heavy (non-hydrogen) atoms. The second kappa shape index (κ2) is 11.7. The van der Waals surface area contributed by atoms with E-state index in [-0.39, 0.29) is 23.7 Å². The van der Waals surface area contributed by atoms with Crippen LogP contribution in [0.4, 0.5) is 0 Å². The summed E-state index contributed by atoms with van der Waals surface area (Å²) in [5.74, 6) is 1.00. The van der Waals surface area contributed by atoms with Gasteiger partial charge in [-0.15, -0.1) is 0 Å². The molecule has 2 fully saturated rings. The molecule has 0 saturated carbocycles. The molecule has 2 atom stereocenters. The number of carbonyl (C=O) groups is 1. The van der Waals surface area contributed by atoms with Gasteiger partial charge in [-0.05, 0) is 62.0 Å². The predicted molar refractivity (Wildman–Crippen MR) is 133 cm³/mol. The maximum atomic E-state index is 13.4. The number of piperidine rings is 1. The van der Waals surface area contributed by atoms with E-state index in [1.807, 2.05) is 29.2 Å². The quantitative estimate of drug-likeness (QED) is 0.507. The van der Waals surface area contributed by atoms with Crippen LogP contribution >= 0.6 is 23.2 Å². The van der Waals surface area contributed by atoms with Crippen LogP contribution in [-0.2, 0) is 4.79 Å². The molecule has 7 nitrogen and oxygen atoms in total. The number of pyridine rings is 1. The Morgan fingerprint density at radius 1 is 1.11 bits per heavy atom. The van der Waals surface area contributed by atoms with Gasteiger partial charge in [-0.1, -0.05) is 29.3 Å². The molecule has 0 N–H and O–H groups in total. The molecule has 2 aliphatic rings. The summed E-state index contributed by atoms with van der Waals surface area (Å²) in [5.41, 5.74) is 1.56. The summed E-state index contributed by atoms with van der Waals surface area (Å²) >= 11 is 12.5. The van der Waals surface area contributed by atoms with Crippen LogP contribution < -0.4 is 4.74 Å². The fraction of sp³-hybridized carbons (Fsp3) is 0.462. The third-order valence-electron chi connectivity index (χ3n) is 6.96. The Bertz CT molecular complexity index is 1120. The molecule has 2 unspecified atom stereocenters. The van der Waals surface area contributed by atoms with E-state index in [1.54, 1.807) is 12.1 Å². The van der Waals surface area contributed by atoms with Crippen LogP contribution in [0.5, 0.6) is 5.88 Å². The monoisotopic (exact) mass is 511 g/mol. The highest BCUT2D eigenvalue weighted by Gasteiger charge is 2.39. The zero-order chi connectivity index (χ0) is 24.8. The van der Waals surface area contributed by atoms with E-state index in [4.69, 9.17) is 38.5 Å². The highest BCUT2D eigenvalue weighted by molar-refractivity contribution is 6.42. The number of amides is 1. The maximum Gasteiger partial charge on any atom is 0.225 e. The molecule has 9 heteroatoms. The van der Waals surface area contributed by atoms with Gasteiger partial charge >= 0.3 is 0 Å². The van der Waals surface area contributed by atoms with Gasteiger partial charge in [0.25, 0.3) is 0 Å². The van der Waals surface area contributed by atoms with Crippen LogP contribution in [0.3, 0.4) is 0 Å². The third-order valence-corrected chi connectivity index (χ3v) is 7.70. The summed E-state index contributed by atoms with van der Waals surface area (Å²) in [7, 11) is 0. The summed E-state index contributed by atoms with van der Waals surface area (Å²) in [4.78, 5) is 21.7. The second-order valence-corrected chi connectivity index (χ2v) is 9.94. The first-order valence-corrected chi connectivity index (χ1v) is 12.6. The van der Waals surface area contributed by atoms with Crippen LogP contribution in [0.25, 0.3) is 0 Å². The van der Waals surface area contributed by atoms with Gasteiger partial charge in [0.2, 0.25) is 11.8 Å². The Hall–Kier alpha value is -2.84. The number of ether oxygens (including phenoxy) is 1. The average molecular weight is 512 g/mol. The normalized spacial score (nSPS) is 20.9. The molecule has 2 saturated heterocycles. The van der Waals surface area contributed by atoms with Crippen LogP contribution in [-0.4, -0.2) is 60.0 Å². The molecule has 2 aromatic rings. The van der Waals surface area contributed by atoms with Gasteiger partial charge in [-0.25, -0.2) is 4.98 Å². The molecular formula is C26H27Cl2N5O2. The summed E-state index contributed by atoms with van der Waals surface area (Å²) in [5, 5.41) is 18.9. The Morgan fingerprint density at radius 2 is 1.91 bits per heavy atom. The van der Waals surface area contributed by atoms with Gasteiger partial charge in [-0.2, -0.15) is 10.5 Å². The Kier molecular flexibility index (Phi) is 8.46. The van der Waals surface area contributed by atoms with Gasteiger partial charge in [-0.3, -0.25) is 9.69 Å². The first-order valence-electron chi connectivity index (χ1n) is 11.8. The predicted octanol–water partition coefficient (Wildman–Crippen LogP) is 4.51. The Balaban J connectivity index is 1.42. The zero-order valence-electron chi connectivity index (χ0n) is 19.4. The van der Waals surface area contributed by atoms with Crippen molar-refractivity contribution < 1.29 is 9.53 Å². The number of nitrogens with zero attached hydrogens (tertiary/aromatic N) is 5. The molecule has 1 aromatic heterocycles. The first-order chi connectivity index (χ1) is 17.0. The van der Waals surface area contributed by atoms with Crippen molar-refractivity contribution in [3.63, 3.8) is 0 Å². The molecule has 182 valence electrons. The highest BCUT2D eigenvalue weighted by Crippen LogP contribution is 2.38. The van der Waals surface area contributed by atoms with Crippen molar-refractivity contribution in [1.29, 1.82) is 10.5 Å². The lowest BCUT2D eigenvalue weighted by atomic mass is 9.87. The van der Waals surface area contributed by atoms with Crippen LogP contribution in [0.15, 0.2) is 36.5 Å². The van der Waals surface area contributed by atoms with Crippen molar-refractivity contribution in [3.8, 4) is 18.0 Å². The second-order valence-electron chi connectivity index (χ2n) is 9.13. The number of hydrogen-bond acceptors (Lipinski definition) is 6. The lowest BCUT2D eigenvalue weighted by Crippen LogP contribution is -2.42. The maximum absolute atomic E-state index is 13.4. The van der Waals surface area contributed by atoms with Crippen LogP contribution in [0.2, 0.25) is 10.0 Å². The van der Waals surface area contributed by atoms with Crippen molar-refractivity contribution in [2.24, 2.45) is 11.8 Å². The lowest BCUT2D eigenvalue weighted by Gasteiger charge is -2.31. The van der Waals surface area contributed by atoms with Crippen molar-refractivity contribution in [3.05, 3.63) is 57.7 Å². The fourth-order valence-corrected chi connectivity index (χ4v) is 5.31. The minimum atomic E-state index is -0.00255. The molecule has 0 aliphatic carbocycles. The summed E-state index contributed by atoms with van der Waals surface area (Å²) in [6.45, 7) is 3.73. The van der Waals surface area contributed by atoms with Crippen LogP contribution in [0.1, 0.15) is 36.3 Å². The number of benzene rings is 1. The molecule has 0 bridgehead atoms. The summed E-state index contributed by atoms with van der Waals surface area (Å²) < 4.78 is 5.84. The molecule has 4 rings (SSSR count). The Labute approximate surface area is 215 Å². The smallest absolute Gasteiger partial charge is 0.225 e. The van der Waals surface area contributed by atoms with Gasteiger partial charge < -0.3 is 9.64 Å². The van der Waals surface area contributed by atoms with Crippen LogP contribution in [0, 0.1) is 34.5 Å². The van der Waals surface area contributed by atoms with E-state index < -0.39 is 0 Å². The van der Waals surface area contributed by atoms with E-state index >= 15 is 0 Å². The number of nitriles is 2. The number of hydrogen-bond donors (Lipinski definition) is 0. The van der Waals surface area contributed by atoms with Gasteiger partial charge in [0, 0.05) is 37.2 Å². The number of rotatable bonds is 7. The minimum Gasteiger partial charge on any atom is -0.478 e. The molecular weight excluding hydrogens is 485 g/mol. The molecule has 1 aromatic carbocycles. The standard InChI is InChI=1S/C26H27Cl2N5O2/c27-23-3-2-20(13-24(23)28)22-17-33(26(34)19-5-9-32(10-6-19)11-8-29)16-21(22)7-12-35-25-4-1-18(14-30)15-31-25/h1-4,13,15,19,21-22H,5-7,9-12,16-17H2. The number of halogens is 2. The zero-order valence-corrected chi connectivity index (χ0v) is 20.9. The topological polar surface area (TPSA) is 93.3 Å². The minimum absolute atomic E-state index is 0.00255. The van der Waals surface area contributed by atoms with Crippen molar-refractivity contribution >= 4 is 29.1 Å². The molecule has 1 amide bonds. The van der Waals surface area contributed by atoms with Crippen molar-refractivity contribution in [2.75, 3.05) is 39.3 Å². The number of aromatic nitrogens is 1. The summed E-state index contributed by atoms with van der Waals surface area (Å²) in [6, 6.07) is 13.3. The fourth-order valence-electron chi connectivity index (χ4n) is 5.01. The average Bonchev–Trinajstić information content (AvgIpc) is 3.30. The molecule has 0 radical (unpaired) electrons. The number of likely N-dealkylation sites (tertiary alicyclic amines) is 2. The lowest BCUT2D eigenvalue weighted by molar-refractivity contribution is -0.136. The van der Waals surface area contributed by atoms with Gasteiger partial charge in [0.05, 0.1) is 34.8 Å². The van der Waals surface area contributed by atoms with E-state index in [0.717, 1.165) is 37.9 Å². The van der Waals surface area contributed by atoms with Gasteiger partial charge in [0.15, 0.2) is 0 Å². The first kappa shape index (κ1) is 25.3. The van der Waals surface area contributed by atoms with Crippen molar-refractivity contribution in [1.82, 2.24) is 14.8 Å². The third kappa shape index (κ3) is 6.24. The molecule has 2 aliphatic heterocycles. The van der Waals surface area contributed by atoms with E-state index in [0.29, 0.717) is 47.7 Å². The SMILES string of the molecule is N#CCN1CCC(C(=O)N2CC(CCOc3ccc(C#N)cn3)C(c3ccc(Cl)c(Cl)c3)C2)CC1. The van der Waals surface area contributed by atoms with E-state index in [2.05, 4.69) is 16.0 Å². The largest absolute Gasteiger partial charge is 0.478 e. The summed E-state index contributed by atoms with van der Waals surface area (Å²) in [6.07, 6.45) is 3.81. The van der Waals surface area contributed by atoms with Gasteiger partial charge in [0.1, 0.15) is 6.07 Å².